The molecule has 0 aromatic rings. The number of rotatable bonds is 1. The Labute approximate surface area is 91.7 Å². The third-order valence-corrected chi connectivity index (χ3v) is 5.22. The molecule has 0 aliphatic heterocycles. The molecule has 3 aliphatic carbocycles. The molecule has 0 amide bonds. The number of fused-ring (bicyclic) bond motifs is 2. The minimum atomic E-state index is -0.445. The van der Waals surface area contributed by atoms with Crippen LogP contribution in [0.2, 0.25) is 0 Å². The molecule has 0 saturated heterocycles. The maximum absolute atomic E-state index is 9.73. The number of aliphatic hydroxyl groups excluding tert-OH is 2. The molecule has 2 N–H and O–H groups in total. The van der Waals surface area contributed by atoms with Gasteiger partial charge in [0.05, 0.1) is 12.2 Å². The van der Waals surface area contributed by atoms with Crippen LogP contribution in [-0.4, -0.2) is 22.4 Å². The van der Waals surface area contributed by atoms with Crippen LogP contribution < -0.4 is 0 Å². The highest BCUT2D eigenvalue weighted by Crippen LogP contribution is 2.53. The maximum atomic E-state index is 9.73. The van der Waals surface area contributed by atoms with Crippen molar-refractivity contribution in [2.75, 3.05) is 0 Å². The van der Waals surface area contributed by atoms with E-state index in [1.807, 2.05) is 0 Å². The third-order valence-electron chi connectivity index (χ3n) is 5.22. The normalized spacial score (nSPS) is 54.8. The monoisotopic (exact) mass is 210 g/mol. The molecule has 0 heterocycles. The molecule has 6 atom stereocenters. The minimum Gasteiger partial charge on any atom is -0.390 e. The van der Waals surface area contributed by atoms with Gasteiger partial charge in [-0.25, -0.2) is 0 Å². The lowest BCUT2D eigenvalue weighted by molar-refractivity contribution is -0.0392. The highest BCUT2D eigenvalue weighted by atomic mass is 16.3. The molecule has 3 rings (SSSR count). The summed E-state index contributed by atoms with van der Waals surface area (Å²) >= 11 is 0. The van der Waals surface area contributed by atoms with Crippen molar-refractivity contribution in [2.24, 2.45) is 23.7 Å². The van der Waals surface area contributed by atoms with E-state index in [1.54, 1.807) is 0 Å². The summed E-state index contributed by atoms with van der Waals surface area (Å²) < 4.78 is 0. The van der Waals surface area contributed by atoms with Gasteiger partial charge in [0.25, 0.3) is 0 Å². The highest BCUT2D eigenvalue weighted by molar-refractivity contribution is 4.95. The van der Waals surface area contributed by atoms with Gasteiger partial charge in [0.15, 0.2) is 0 Å². The SMILES string of the molecule is O[C@@H]1C[C@H]([C@H]2C[C@H]3CC[C@@H]2C3)CC[C@@H]1O. The summed E-state index contributed by atoms with van der Waals surface area (Å²) in [5, 5.41) is 19.2. The Bertz CT molecular complexity index is 241. The second kappa shape index (κ2) is 3.74. The van der Waals surface area contributed by atoms with Crippen LogP contribution in [0.15, 0.2) is 0 Å². The first-order chi connectivity index (χ1) is 7.24. The molecule has 3 aliphatic rings. The Balaban J connectivity index is 1.63. The molecule has 0 spiro atoms. The molecule has 0 aromatic heterocycles. The Hall–Kier alpha value is -0.0800. The van der Waals surface area contributed by atoms with Crippen LogP contribution in [0, 0.1) is 23.7 Å². The van der Waals surface area contributed by atoms with Gasteiger partial charge in [-0.3, -0.25) is 0 Å². The average Bonchev–Trinajstić information content (AvgIpc) is 2.83. The van der Waals surface area contributed by atoms with E-state index in [4.69, 9.17) is 0 Å². The zero-order chi connectivity index (χ0) is 10.4. The van der Waals surface area contributed by atoms with Crippen molar-refractivity contribution in [1.29, 1.82) is 0 Å². The van der Waals surface area contributed by atoms with Gasteiger partial charge in [-0.15, -0.1) is 0 Å². The van der Waals surface area contributed by atoms with Crippen LogP contribution in [0.4, 0.5) is 0 Å². The predicted molar refractivity (Wildman–Crippen MR) is 58.3 cm³/mol. The summed E-state index contributed by atoms with van der Waals surface area (Å²) in [5.74, 6) is 3.55. The molecule has 15 heavy (non-hydrogen) atoms. The summed E-state index contributed by atoms with van der Waals surface area (Å²) in [5.41, 5.74) is 0. The largest absolute Gasteiger partial charge is 0.390 e. The zero-order valence-electron chi connectivity index (χ0n) is 9.31. The summed E-state index contributed by atoms with van der Waals surface area (Å²) in [4.78, 5) is 0. The molecule has 0 unspecified atom stereocenters. The van der Waals surface area contributed by atoms with Gasteiger partial charge < -0.3 is 10.2 Å². The molecule has 2 nitrogen and oxygen atoms in total. The van der Waals surface area contributed by atoms with Gasteiger partial charge in [-0.05, 0) is 62.2 Å². The van der Waals surface area contributed by atoms with E-state index in [0.29, 0.717) is 5.92 Å². The Morgan fingerprint density at radius 2 is 1.40 bits per heavy atom. The van der Waals surface area contributed by atoms with E-state index in [0.717, 1.165) is 37.0 Å². The topological polar surface area (TPSA) is 40.5 Å². The number of hydrogen-bond donors (Lipinski definition) is 2. The van der Waals surface area contributed by atoms with Gasteiger partial charge in [0.1, 0.15) is 0 Å². The zero-order valence-corrected chi connectivity index (χ0v) is 9.31. The van der Waals surface area contributed by atoms with Crippen molar-refractivity contribution in [3.63, 3.8) is 0 Å². The fourth-order valence-corrected chi connectivity index (χ4v) is 4.42. The minimum absolute atomic E-state index is 0.442. The van der Waals surface area contributed by atoms with Crippen molar-refractivity contribution in [1.82, 2.24) is 0 Å². The molecule has 0 aromatic carbocycles. The van der Waals surface area contributed by atoms with Gasteiger partial charge in [0.2, 0.25) is 0 Å². The second-order valence-corrected chi connectivity index (χ2v) is 6.05. The lowest BCUT2D eigenvalue weighted by Crippen LogP contribution is -2.37. The van der Waals surface area contributed by atoms with E-state index in [-0.39, 0.29) is 0 Å². The number of aliphatic hydroxyl groups is 2. The van der Waals surface area contributed by atoms with Crippen LogP contribution in [0.1, 0.15) is 44.9 Å². The van der Waals surface area contributed by atoms with E-state index in [1.165, 1.54) is 25.7 Å². The van der Waals surface area contributed by atoms with Crippen molar-refractivity contribution < 1.29 is 10.2 Å². The second-order valence-electron chi connectivity index (χ2n) is 6.05. The molecule has 3 fully saturated rings. The molecular weight excluding hydrogens is 188 g/mol. The Morgan fingerprint density at radius 1 is 0.667 bits per heavy atom. The fourth-order valence-electron chi connectivity index (χ4n) is 4.42. The standard InChI is InChI=1S/C13H22O2/c14-12-4-3-10(7-13(12)15)11-6-8-1-2-9(11)5-8/h8-15H,1-7H2/t8-,9+,10+,11-,12-,13+/m0/s1. The van der Waals surface area contributed by atoms with Gasteiger partial charge >= 0.3 is 0 Å². The smallest absolute Gasteiger partial charge is 0.0801 e. The molecular formula is C13H22O2. The van der Waals surface area contributed by atoms with Crippen LogP contribution in [-0.2, 0) is 0 Å². The summed E-state index contributed by atoms with van der Waals surface area (Å²) in [6, 6.07) is 0. The molecule has 2 heteroatoms. The first kappa shape index (κ1) is 10.1. The Kier molecular flexibility index (Phi) is 2.52. The summed E-state index contributed by atoms with van der Waals surface area (Å²) in [7, 11) is 0. The van der Waals surface area contributed by atoms with Crippen molar-refractivity contribution in [3.8, 4) is 0 Å². The lowest BCUT2D eigenvalue weighted by atomic mass is 9.71. The van der Waals surface area contributed by atoms with Gasteiger partial charge in [0, 0.05) is 0 Å². The molecule has 86 valence electrons. The van der Waals surface area contributed by atoms with Crippen LogP contribution >= 0.6 is 0 Å². The van der Waals surface area contributed by atoms with Crippen molar-refractivity contribution in [2.45, 2.75) is 57.2 Å². The van der Waals surface area contributed by atoms with E-state index >= 15 is 0 Å². The highest BCUT2D eigenvalue weighted by Gasteiger charge is 2.44. The van der Waals surface area contributed by atoms with Gasteiger partial charge in [-0.1, -0.05) is 6.42 Å². The molecule has 3 saturated carbocycles. The predicted octanol–water partition coefficient (Wildman–Crippen LogP) is 1.94. The quantitative estimate of drug-likeness (QED) is 0.694. The van der Waals surface area contributed by atoms with E-state index in [2.05, 4.69) is 0 Å². The van der Waals surface area contributed by atoms with Crippen molar-refractivity contribution >= 4 is 0 Å². The molecule has 2 bridgehead atoms. The van der Waals surface area contributed by atoms with Crippen LogP contribution in [0.3, 0.4) is 0 Å². The average molecular weight is 210 g/mol. The first-order valence-electron chi connectivity index (χ1n) is 6.60. The van der Waals surface area contributed by atoms with E-state index < -0.39 is 12.2 Å². The molecule has 0 radical (unpaired) electrons. The maximum Gasteiger partial charge on any atom is 0.0801 e. The lowest BCUT2D eigenvalue weighted by Gasteiger charge is -2.37. The van der Waals surface area contributed by atoms with Crippen molar-refractivity contribution in [3.05, 3.63) is 0 Å². The first-order valence-corrected chi connectivity index (χ1v) is 6.60. The summed E-state index contributed by atoms with van der Waals surface area (Å²) in [6.07, 6.45) is 7.70. The fraction of sp³-hybridized carbons (Fsp3) is 1.00. The van der Waals surface area contributed by atoms with Crippen LogP contribution in [0.25, 0.3) is 0 Å². The van der Waals surface area contributed by atoms with Crippen LogP contribution in [0.5, 0.6) is 0 Å². The Morgan fingerprint density at radius 3 is 2.00 bits per heavy atom. The number of hydrogen-bond acceptors (Lipinski definition) is 2. The third kappa shape index (κ3) is 1.72. The van der Waals surface area contributed by atoms with E-state index in [9.17, 15) is 10.2 Å². The summed E-state index contributed by atoms with van der Waals surface area (Å²) in [6.45, 7) is 0. The van der Waals surface area contributed by atoms with Gasteiger partial charge in [-0.2, -0.15) is 0 Å².